The van der Waals surface area contributed by atoms with Crippen LogP contribution in [0.5, 0.6) is 0 Å². The van der Waals surface area contributed by atoms with Crippen LogP contribution in [0.25, 0.3) is 0 Å². The molecule has 0 spiro atoms. The topological polar surface area (TPSA) is 80.9 Å². The average Bonchev–Trinajstić information content (AvgIpc) is 2.54. The second-order valence-electron chi connectivity index (χ2n) is 6.49. The fourth-order valence-electron chi connectivity index (χ4n) is 2.73. The summed E-state index contributed by atoms with van der Waals surface area (Å²) in [6.07, 6.45) is 12.2. The summed E-state index contributed by atoms with van der Waals surface area (Å²) in [4.78, 5) is 0. The lowest BCUT2D eigenvalue weighted by atomic mass is 10.0. The summed E-state index contributed by atoms with van der Waals surface area (Å²) in [6.45, 7) is 1.73. The second-order valence-corrected chi connectivity index (χ2v) is 6.49. The zero-order valence-electron chi connectivity index (χ0n) is 14.4. The van der Waals surface area contributed by atoms with Crippen molar-refractivity contribution in [2.24, 2.45) is 0 Å². The maximum atomic E-state index is 9.66. The average molecular weight is 318 g/mol. The van der Waals surface area contributed by atoms with E-state index >= 15 is 0 Å². The van der Waals surface area contributed by atoms with E-state index in [1.54, 1.807) is 0 Å². The molecule has 0 aliphatic heterocycles. The van der Waals surface area contributed by atoms with E-state index in [1.807, 2.05) is 0 Å². The van der Waals surface area contributed by atoms with Crippen molar-refractivity contribution in [2.75, 3.05) is 6.61 Å². The minimum Gasteiger partial charge on any atom is -0.394 e. The summed E-state index contributed by atoms with van der Waals surface area (Å²) < 4.78 is 0. The fourth-order valence-corrected chi connectivity index (χ4v) is 2.73. The molecule has 0 aliphatic rings. The van der Waals surface area contributed by atoms with Crippen LogP contribution < -0.4 is 0 Å². The quantitative estimate of drug-likeness (QED) is 0.330. The van der Waals surface area contributed by atoms with Crippen LogP contribution in [0, 0.1) is 0 Å². The third-order valence-electron chi connectivity index (χ3n) is 4.33. The van der Waals surface area contributed by atoms with E-state index in [1.165, 1.54) is 64.2 Å². The Balaban J connectivity index is 3.26. The van der Waals surface area contributed by atoms with E-state index in [4.69, 9.17) is 5.11 Å². The van der Waals surface area contributed by atoms with E-state index in [-0.39, 0.29) is 0 Å². The summed E-state index contributed by atoms with van der Waals surface area (Å²) in [6, 6.07) is 0. The normalized spacial score (nSPS) is 15.7. The molecule has 3 atom stereocenters. The molecule has 0 rings (SSSR count). The van der Waals surface area contributed by atoms with Crippen LogP contribution in [0.4, 0.5) is 0 Å². The molecule has 0 amide bonds. The van der Waals surface area contributed by atoms with Gasteiger partial charge in [0.15, 0.2) is 0 Å². The van der Waals surface area contributed by atoms with Gasteiger partial charge in [-0.15, -0.1) is 0 Å². The largest absolute Gasteiger partial charge is 0.394 e. The van der Waals surface area contributed by atoms with Gasteiger partial charge in [-0.05, 0) is 6.42 Å². The van der Waals surface area contributed by atoms with Gasteiger partial charge < -0.3 is 20.4 Å². The van der Waals surface area contributed by atoms with Crippen LogP contribution in [0.1, 0.15) is 90.4 Å². The van der Waals surface area contributed by atoms with Crippen LogP contribution in [-0.2, 0) is 0 Å². The molecule has 22 heavy (non-hydrogen) atoms. The predicted octanol–water partition coefficient (Wildman–Crippen LogP) is 3.15. The molecule has 4 nitrogen and oxygen atoms in total. The first-order chi connectivity index (χ1) is 10.6. The summed E-state index contributed by atoms with van der Waals surface area (Å²) in [5.74, 6) is 0. The third-order valence-corrected chi connectivity index (χ3v) is 4.33. The Labute approximate surface area is 136 Å². The lowest BCUT2D eigenvalue weighted by molar-refractivity contribution is -0.0787. The third kappa shape index (κ3) is 12.4. The Bertz CT molecular complexity index is 223. The van der Waals surface area contributed by atoms with Crippen LogP contribution in [0.2, 0.25) is 0 Å². The first-order valence-electron chi connectivity index (χ1n) is 9.28. The molecular weight excluding hydrogens is 280 g/mol. The van der Waals surface area contributed by atoms with Crippen LogP contribution in [0.15, 0.2) is 0 Å². The summed E-state index contributed by atoms with van der Waals surface area (Å²) >= 11 is 0. The Hall–Kier alpha value is -0.160. The summed E-state index contributed by atoms with van der Waals surface area (Å²) in [5, 5.41) is 37.1. The van der Waals surface area contributed by atoms with Gasteiger partial charge >= 0.3 is 0 Å². The Morgan fingerprint density at radius 3 is 1.41 bits per heavy atom. The Morgan fingerprint density at radius 2 is 1.00 bits per heavy atom. The molecule has 4 heteroatoms. The molecule has 0 radical (unpaired) electrons. The van der Waals surface area contributed by atoms with Crippen molar-refractivity contribution in [1.82, 2.24) is 0 Å². The minimum absolute atomic E-state index is 0.482. The van der Waals surface area contributed by atoms with Gasteiger partial charge in [-0.1, -0.05) is 84.0 Å². The highest BCUT2D eigenvalue weighted by Gasteiger charge is 2.23. The van der Waals surface area contributed by atoms with Gasteiger partial charge in [-0.25, -0.2) is 0 Å². The predicted molar refractivity (Wildman–Crippen MR) is 90.8 cm³/mol. The number of aliphatic hydroxyl groups excluding tert-OH is 4. The van der Waals surface area contributed by atoms with Crippen molar-refractivity contribution >= 4 is 0 Å². The lowest BCUT2D eigenvalue weighted by Crippen LogP contribution is -2.39. The number of rotatable bonds is 16. The molecule has 0 aromatic heterocycles. The SMILES string of the molecule is CCCCCCCCCCCCCC[C@@H](O)[C@H](O)[C@@H](O)CO. The number of unbranched alkanes of at least 4 members (excludes halogenated alkanes) is 11. The highest BCUT2D eigenvalue weighted by atomic mass is 16.4. The molecule has 0 aliphatic carbocycles. The number of hydrogen-bond donors (Lipinski definition) is 4. The van der Waals surface area contributed by atoms with Gasteiger partial charge in [0.2, 0.25) is 0 Å². The first kappa shape index (κ1) is 21.8. The van der Waals surface area contributed by atoms with Crippen molar-refractivity contribution in [3.8, 4) is 0 Å². The molecule has 0 unspecified atom stereocenters. The second kappa shape index (κ2) is 15.7. The van der Waals surface area contributed by atoms with Gasteiger partial charge in [-0.2, -0.15) is 0 Å². The van der Waals surface area contributed by atoms with Gasteiger partial charge in [0.05, 0.1) is 12.7 Å². The molecule has 0 heterocycles. The molecule has 0 aromatic carbocycles. The lowest BCUT2D eigenvalue weighted by Gasteiger charge is -2.21. The maximum Gasteiger partial charge on any atom is 0.108 e. The van der Waals surface area contributed by atoms with Crippen molar-refractivity contribution < 1.29 is 20.4 Å². The van der Waals surface area contributed by atoms with Crippen molar-refractivity contribution in [2.45, 2.75) is 109 Å². The van der Waals surface area contributed by atoms with E-state index in [2.05, 4.69) is 6.92 Å². The van der Waals surface area contributed by atoms with E-state index in [0.29, 0.717) is 6.42 Å². The zero-order chi connectivity index (χ0) is 16.6. The van der Waals surface area contributed by atoms with Gasteiger partial charge in [0.1, 0.15) is 12.2 Å². The zero-order valence-corrected chi connectivity index (χ0v) is 14.4. The van der Waals surface area contributed by atoms with Crippen LogP contribution in [0.3, 0.4) is 0 Å². The first-order valence-corrected chi connectivity index (χ1v) is 9.28. The van der Waals surface area contributed by atoms with E-state index < -0.39 is 24.9 Å². The molecule has 0 saturated carbocycles. The Morgan fingerprint density at radius 1 is 0.591 bits per heavy atom. The summed E-state index contributed by atoms with van der Waals surface area (Å²) in [7, 11) is 0. The molecule has 0 saturated heterocycles. The van der Waals surface area contributed by atoms with Crippen molar-refractivity contribution in [3.63, 3.8) is 0 Å². The highest BCUT2D eigenvalue weighted by Crippen LogP contribution is 2.14. The molecule has 0 aromatic rings. The number of hydrogen-bond acceptors (Lipinski definition) is 4. The van der Waals surface area contributed by atoms with Gasteiger partial charge in [-0.3, -0.25) is 0 Å². The van der Waals surface area contributed by atoms with E-state index in [9.17, 15) is 15.3 Å². The smallest absolute Gasteiger partial charge is 0.108 e. The van der Waals surface area contributed by atoms with Gasteiger partial charge in [0.25, 0.3) is 0 Å². The monoisotopic (exact) mass is 318 g/mol. The van der Waals surface area contributed by atoms with Crippen molar-refractivity contribution in [3.05, 3.63) is 0 Å². The van der Waals surface area contributed by atoms with E-state index in [0.717, 1.165) is 12.8 Å². The maximum absolute atomic E-state index is 9.66. The van der Waals surface area contributed by atoms with Crippen molar-refractivity contribution in [1.29, 1.82) is 0 Å². The fraction of sp³-hybridized carbons (Fsp3) is 1.00. The molecule has 4 N–H and O–H groups in total. The van der Waals surface area contributed by atoms with Gasteiger partial charge in [0, 0.05) is 0 Å². The standard InChI is InChI=1S/C18H38O4/c1-2-3-4-5-6-7-8-9-10-11-12-13-14-16(20)18(22)17(21)15-19/h16-22H,2-15H2,1H3/t16-,17+,18+/m1/s1. The molecule has 0 bridgehead atoms. The van der Waals surface area contributed by atoms with Crippen LogP contribution >= 0.6 is 0 Å². The highest BCUT2D eigenvalue weighted by molar-refractivity contribution is 4.74. The molecule has 0 fully saturated rings. The number of aliphatic hydroxyl groups is 4. The minimum atomic E-state index is -1.24. The molecule has 134 valence electrons. The summed E-state index contributed by atoms with van der Waals surface area (Å²) in [5.41, 5.74) is 0. The molecular formula is C18H38O4. The Kier molecular flexibility index (Phi) is 15.6. The van der Waals surface area contributed by atoms with Crippen LogP contribution in [-0.4, -0.2) is 45.3 Å².